The molecule has 0 spiro atoms. The van der Waals surface area contributed by atoms with Gasteiger partial charge < -0.3 is 9.12 Å². The van der Waals surface area contributed by atoms with E-state index in [9.17, 15) is 13.0 Å². The van der Waals surface area contributed by atoms with Crippen molar-refractivity contribution >= 4 is 27.7 Å². The number of thiazole rings is 1. The molecular formula is C15H20N4O3S2. The lowest BCUT2D eigenvalue weighted by Crippen LogP contribution is -2.33. The predicted octanol–water partition coefficient (Wildman–Crippen LogP) is 0.943. The number of pyridine rings is 1. The Balaban J connectivity index is 1.96. The van der Waals surface area contributed by atoms with Gasteiger partial charge in [-0.2, -0.15) is 5.10 Å². The van der Waals surface area contributed by atoms with E-state index in [1.54, 1.807) is 6.21 Å². The van der Waals surface area contributed by atoms with Crippen LogP contribution < -0.4 is 9.37 Å². The molecule has 2 aromatic heterocycles. The zero-order valence-corrected chi connectivity index (χ0v) is 15.3. The van der Waals surface area contributed by atoms with Crippen LogP contribution in [0.1, 0.15) is 24.1 Å². The van der Waals surface area contributed by atoms with Gasteiger partial charge in [-0.25, -0.2) is 13.0 Å². The van der Waals surface area contributed by atoms with Gasteiger partial charge in [-0.05, 0) is 19.4 Å². The van der Waals surface area contributed by atoms with Gasteiger partial charge in [0.1, 0.15) is 6.54 Å². The monoisotopic (exact) mass is 368 g/mol. The van der Waals surface area contributed by atoms with E-state index < -0.39 is 10.1 Å². The molecular weight excluding hydrogens is 348 g/mol. The Morgan fingerprint density at radius 2 is 2.21 bits per heavy atom. The lowest BCUT2D eigenvalue weighted by Gasteiger charge is -2.04. The number of hydrogen-bond acceptors (Lipinski definition) is 6. The first-order valence-electron chi connectivity index (χ1n) is 7.46. The van der Waals surface area contributed by atoms with Gasteiger partial charge in [0.05, 0.1) is 21.9 Å². The molecule has 0 unspecified atom stereocenters. The van der Waals surface area contributed by atoms with E-state index in [-0.39, 0.29) is 5.75 Å². The van der Waals surface area contributed by atoms with Crippen molar-refractivity contribution in [2.75, 3.05) is 5.75 Å². The quantitative estimate of drug-likeness (QED) is 0.239. The number of hydrogen-bond donors (Lipinski definition) is 0. The fourth-order valence-corrected chi connectivity index (χ4v) is 3.40. The van der Waals surface area contributed by atoms with Crippen molar-refractivity contribution in [3.05, 3.63) is 46.0 Å². The van der Waals surface area contributed by atoms with E-state index in [4.69, 9.17) is 0 Å². The fourth-order valence-electron chi connectivity index (χ4n) is 2.01. The highest BCUT2D eigenvalue weighted by atomic mass is 32.2. The maximum atomic E-state index is 10.6. The smallest absolute Gasteiger partial charge is 0.210 e. The molecule has 7 nitrogen and oxygen atoms in total. The van der Waals surface area contributed by atoms with Crippen LogP contribution in [0.4, 0.5) is 0 Å². The topological polar surface area (TPSA) is 90.7 Å². The van der Waals surface area contributed by atoms with Gasteiger partial charge in [0.25, 0.3) is 0 Å². The minimum Gasteiger partial charge on any atom is -0.748 e. The third kappa shape index (κ3) is 5.99. The molecule has 0 fully saturated rings. The van der Waals surface area contributed by atoms with Crippen LogP contribution in [0.15, 0.2) is 40.1 Å². The van der Waals surface area contributed by atoms with Gasteiger partial charge in [0.15, 0.2) is 12.4 Å². The molecule has 2 rings (SSSR count). The van der Waals surface area contributed by atoms with Crippen LogP contribution in [0.3, 0.4) is 0 Å². The van der Waals surface area contributed by atoms with Crippen molar-refractivity contribution in [1.29, 1.82) is 0 Å². The SMILES string of the molecule is Cc1csc(=NN=Cc2ccc[n+](CCCCS(=O)(=O)[O-])c2)n1C. The normalized spacial score (nSPS) is 13.0. The molecule has 0 aliphatic rings. The summed E-state index contributed by atoms with van der Waals surface area (Å²) in [6.07, 6.45) is 6.46. The first-order valence-corrected chi connectivity index (χ1v) is 9.92. The molecule has 0 aliphatic carbocycles. The molecule has 24 heavy (non-hydrogen) atoms. The van der Waals surface area contributed by atoms with Crippen LogP contribution in [0.5, 0.6) is 0 Å². The maximum absolute atomic E-state index is 10.6. The Morgan fingerprint density at radius 3 is 2.88 bits per heavy atom. The summed E-state index contributed by atoms with van der Waals surface area (Å²) in [5.74, 6) is -0.315. The molecule has 0 amide bonds. The van der Waals surface area contributed by atoms with E-state index >= 15 is 0 Å². The van der Waals surface area contributed by atoms with Gasteiger partial charge in [-0.1, -0.05) is 0 Å². The van der Waals surface area contributed by atoms with Crippen LogP contribution in [-0.4, -0.2) is 29.5 Å². The van der Waals surface area contributed by atoms with Crippen LogP contribution in [0.25, 0.3) is 0 Å². The van der Waals surface area contributed by atoms with Crippen LogP contribution >= 0.6 is 11.3 Å². The summed E-state index contributed by atoms with van der Waals surface area (Å²) < 4.78 is 35.6. The van der Waals surface area contributed by atoms with E-state index in [2.05, 4.69) is 10.2 Å². The summed E-state index contributed by atoms with van der Waals surface area (Å²) in [5, 5.41) is 10.3. The molecule has 2 aromatic rings. The number of aryl methyl sites for hydroxylation is 2. The van der Waals surface area contributed by atoms with Crippen molar-refractivity contribution in [2.45, 2.75) is 26.3 Å². The van der Waals surface area contributed by atoms with Gasteiger partial charge in [0.2, 0.25) is 4.80 Å². The number of aromatic nitrogens is 2. The first kappa shape index (κ1) is 18.5. The second-order valence-corrected chi connectivity index (χ2v) is 7.77. The third-order valence-electron chi connectivity index (χ3n) is 3.44. The summed E-state index contributed by atoms with van der Waals surface area (Å²) in [6.45, 7) is 2.66. The highest BCUT2D eigenvalue weighted by Gasteiger charge is 2.03. The fraction of sp³-hybridized carbons (Fsp3) is 0.400. The van der Waals surface area contributed by atoms with Crippen LogP contribution in [0.2, 0.25) is 0 Å². The van der Waals surface area contributed by atoms with E-state index in [1.807, 2.05) is 53.0 Å². The van der Waals surface area contributed by atoms with Gasteiger partial charge in [0, 0.05) is 36.4 Å². The zero-order valence-electron chi connectivity index (χ0n) is 13.6. The summed E-state index contributed by atoms with van der Waals surface area (Å²) >= 11 is 1.53. The van der Waals surface area contributed by atoms with Crippen molar-refractivity contribution < 1.29 is 17.5 Å². The highest BCUT2D eigenvalue weighted by Crippen LogP contribution is 1.97. The average molecular weight is 368 g/mol. The first-order chi connectivity index (χ1) is 11.3. The molecule has 0 saturated heterocycles. The summed E-state index contributed by atoms with van der Waals surface area (Å²) in [6, 6.07) is 3.80. The molecule has 2 heterocycles. The minimum atomic E-state index is -4.12. The van der Waals surface area contributed by atoms with Crippen molar-refractivity contribution in [3.8, 4) is 0 Å². The maximum Gasteiger partial charge on any atom is 0.210 e. The number of unbranched alkanes of at least 4 members (excludes halogenated alkanes) is 1. The summed E-state index contributed by atoms with van der Waals surface area (Å²) in [7, 11) is -2.18. The number of nitrogens with zero attached hydrogens (tertiary/aromatic N) is 4. The highest BCUT2D eigenvalue weighted by molar-refractivity contribution is 7.85. The van der Waals surface area contributed by atoms with Gasteiger partial charge >= 0.3 is 0 Å². The van der Waals surface area contributed by atoms with Crippen LogP contribution in [0, 0.1) is 6.92 Å². The molecule has 0 atom stereocenters. The molecule has 0 saturated carbocycles. The van der Waals surface area contributed by atoms with Crippen molar-refractivity contribution in [2.24, 2.45) is 17.3 Å². The molecule has 0 radical (unpaired) electrons. The third-order valence-corrected chi connectivity index (χ3v) is 5.26. The van der Waals surface area contributed by atoms with Crippen molar-refractivity contribution in [1.82, 2.24) is 4.57 Å². The Morgan fingerprint density at radius 1 is 1.42 bits per heavy atom. The standard InChI is InChI=1S/C15H20N4O3S2/c1-13-12-23-15(18(13)2)17-16-10-14-6-5-8-19(11-14)7-3-4-9-24(20,21)22/h5-6,8,10-12H,3-4,7,9H2,1-2H3. The molecule has 9 heteroatoms. The Labute approximate surface area is 145 Å². The Hall–Kier alpha value is -1.84. The summed E-state index contributed by atoms with van der Waals surface area (Å²) in [4.78, 5) is 0.825. The molecule has 0 N–H and O–H groups in total. The Bertz CT molecular complexity index is 882. The lowest BCUT2D eigenvalue weighted by molar-refractivity contribution is -0.697. The number of rotatable bonds is 7. The molecule has 0 aliphatic heterocycles. The predicted molar refractivity (Wildman–Crippen MR) is 91.6 cm³/mol. The van der Waals surface area contributed by atoms with Crippen LogP contribution in [-0.2, 0) is 23.7 Å². The van der Waals surface area contributed by atoms with E-state index in [1.165, 1.54) is 11.3 Å². The molecule has 130 valence electrons. The minimum absolute atomic E-state index is 0.315. The molecule has 0 bridgehead atoms. The average Bonchev–Trinajstić information content (AvgIpc) is 2.83. The summed E-state index contributed by atoms with van der Waals surface area (Å²) in [5.41, 5.74) is 2.03. The van der Waals surface area contributed by atoms with Crippen molar-refractivity contribution in [3.63, 3.8) is 0 Å². The lowest BCUT2D eigenvalue weighted by atomic mass is 10.3. The zero-order chi connectivity index (χ0) is 17.6. The molecule has 0 aromatic carbocycles. The van der Waals surface area contributed by atoms with E-state index in [0.717, 1.165) is 16.1 Å². The van der Waals surface area contributed by atoms with E-state index in [0.29, 0.717) is 19.4 Å². The largest absolute Gasteiger partial charge is 0.748 e. The van der Waals surface area contributed by atoms with Gasteiger partial charge in [-0.3, -0.25) is 0 Å². The van der Waals surface area contributed by atoms with Gasteiger partial charge in [-0.15, -0.1) is 16.4 Å². The second-order valence-electron chi connectivity index (χ2n) is 5.41. The second kappa shape index (κ2) is 8.32. The Kier molecular flexibility index (Phi) is 6.41.